The van der Waals surface area contributed by atoms with Gasteiger partial charge in [-0.3, -0.25) is 5.10 Å². The average Bonchev–Trinajstić information content (AvgIpc) is 3.41. The number of hydrogen-bond donors (Lipinski definition) is 1. The SMILES string of the molecule is COC1CCN(c2nc(-c3c(C)ccc4[nH]ncc34)nc3c2CN(c2cc(C(C)C)ccc2C)CC3)CC1. The summed E-state index contributed by atoms with van der Waals surface area (Å²) in [4.78, 5) is 15.5. The highest BCUT2D eigenvalue weighted by Gasteiger charge is 2.29. The Kier molecular flexibility index (Phi) is 6.56. The Hall–Kier alpha value is -3.45. The van der Waals surface area contributed by atoms with Crippen molar-refractivity contribution in [1.29, 1.82) is 0 Å². The van der Waals surface area contributed by atoms with E-state index in [1.807, 2.05) is 13.3 Å². The number of ether oxygens (including phenoxy) is 1. The zero-order valence-electron chi connectivity index (χ0n) is 23.2. The molecule has 0 aliphatic carbocycles. The third-order valence-electron chi connectivity index (χ3n) is 8.41. The van der Waals surface area contributed by atoms with Gasteiger partial charge in [0.15, 0.2) is 5.82 Å². The normalized spacial score (nSPS) is 16.5. The molecule has 0 saturated carbocycles. The van der Waals surface area contributed by atoms with Gasteiger partial charge >= 0.3 is 0 Å². The predicted octanol–water partition coefficient (Wildman–Crippen LogP) is 5.94. The van der Waals surface area contributed by atoms with Crippen molar-refractivity contribution in [1.82, 2.24) is 20.2 Å². The number of methoxy groups -OCH3 is 1. The molecule has 1 saturated heterocycles. The van der Waals surface area contributed by atoms with Crippen LogP contribution in [-0.4, -0.2) is 53.0 Å². The largest absolute Gasteiger partial charge is 0.381 e. The zero-order valence-corrected chi connectivity index (χ0v) is 23.2. The number of hydrogen-bond acceptors (Lipinski definition) is 6. The molecule has 7 nitrogen and oxygen atoms in total. The number of anilines is 2. The van der Waals surface area contributed by atoms with E-state index in [0.29, 0.717) is 12.0 Å². The lowest BCUT2D eigenvalue weighted by Crippen LogP contribution is -2.40. The van der Waals surface area contributed by atoms with E-state index < -0.39 is 0 Å². The molecule has 4 heterocycles. The van der Waals surface area contributed by atoms with E-state index in [1.165, 1.54) is 33.6 Å². The third-order valence-corrected chi connectivity index (χ3v) is 8.41. The molecule has 198 valence electrons. The molecule has 2 aliphatic rings. The van der Waals surface area contributed by atoms with Crippen LogP contribution in [0.5, 0.6) is 0 Å². The molecular formula is C31H38N6O. The van der Waals surface area contributed by atoms with Gasteiger partial charge in [-0.2, -0.15) is 5.10 Å². The van der Waals surface area contributed by atoms with Crippen molar-refractivity contribution < 1.29 is 4.74 Å². The fourth-order valence-corrected chi connectivity index (χ4v) is 6.03. The molecule has 0 unspecified atom stereocenters. The second-order valence-corrected chi connectivity index (χ2v) is 11.2. The summed E-state index contributed by atoms with van der Waals surface area (Å²) in [7, 11) is 1.82. The maximum absolute atomic E-state index is 5.68. The summed E-state index contributed by atoms with van der Waals surface area (Å²) in [6.45, 7) is 12.5. The van der Waals surface area contributed by atoms with Crippen molar-refractivity contribution in [3.8, 4) is 11.4 Å². The molecule has 2 aromatic heterocycles. The summed E-state index contributed by atoms with van der Waals surface area (Å²) >= 11 is 0. The average molecular weight is 511 g/mol. The van der Waals surface area contributed by atoms with E-state index in [2.05, 4.69) is 78.0 Å². The van der Waals surface area contributed by atoms with Crippen molar-refractivity contribution >= 4 is 22.4 Å². The first-order valence-corrected chi connectivity index (χ1v) is 13.9. The highest BCUT2D eigenvalue weighted by Crippen LogP contribution is 2.37. The van der Waals surface area contributed by atoms with E-state index in [9.17, 15) is 0 Å². The van der Waals surface area contributed by atoms with Gasteiger partial charge in [-0.15, -0.1) is 0 Å². The Balaban J connectivity index is 1.45. The molecule has 4 aromatic rings. The molecule has 0 bridgehead atoms. The van der Waals surface area contributed by atoms with Crippen LogP contribution in [0, 0.1) is 13.8 Å². The van der Waals surface area contributed by atoms with Crippen LogP contribution >= 0.6 is 0 Å². The minimum Gasteiger partial charge on any atom is -0.381 e. The number of aromatic nitrogens is 4. The lowest BCUT2D eigenvalue weighted by atomic mass is 9.97. The Bertz CT molecular complexity index is 1470. The molecule has 0 radical (unpaired) electrons. The van der Waals surface area contributed by atoms with E-state index in [1.54, 1.807) is 0 Å². The van der Waals surface area contributed by atoms with Crippen LogP contribution < -0.4 is 9.80 Å². The molecule has 38 heavy (non-hydrogen) atoms. The third kappa shape index (κ3) is 4.43. The molecule has 6 rings (SSSR count). The molecule has 2 aromatic carbocycles. The van der Waals surface area contributed by atoms with E-state index in [-0.39, 0.29) is 0 Å². The van der Waals surface area contributed by atoms with Crippen molar-refractivity contribution in [2.24, 2.45) is 0 Å². The summed E-state index contributed by atoms with van der Waals surface area (Å²) in [5.74, 6) is 2.40. The van der Waals surface area contributed by atoms with Gasteiger partial charge in [-0.05, 0) is 61.4 Å². The number of rotatable bonds is 5. The van der Waals surface area contributed by atoms with Crippen LogP contribution in [0.3, 0.4) is 0 Å². The number of aryl methyl sites for hydroxylation is 2. The van der Waals surface area contributed by atoms with Crippen LogP contribution in [0.25, 0.3) is 22.3 Å². The molecule has 0 spiro atoms. The van der Waals surface area contributed by atoms with Gasteiger partial charge in [0.1, 0.15) is 5.82 Å². The maximum atomic E-state index is 5.68. The number of aromatic amines is 1. The standard InChI is InChI=1S/C31H38N6O/c1-19(2)22-8-6-20(3)28(16-22)37-15-12-26-25(18-37)31(36-13-10-23(38-5)11-14-36)34-30(33-26)29-21(4)7-9-27-24(29)17-32-35-27/h6-9,16-17,19,23H,10-15,18H2,1-5H3,(H,32,35). The lowest BCUT2D eigenvalue weighted by molar-refractivity contribution is 0.0817. The number of nitrogens with one attached hydrogen (secondary N) is 1. The molecule has 1 N–H and O–H groups in total. The summed E-state index contributed by atoms with van der Waals surface area (Å²) < 4.78 is 5.68. The Morgan fingerprint density at radius 2 is 1.76 bits per heavy atom. The van der Waals surface area contributed by atoms with Crippen LogP contribution in [0.15, 0.2) is 36.5 Å². The number of H-pyrrole nitrogens is 1. The second kappa shape index (κ2) is 10.0. The van der Waals surface area contributed by atoms with E-state index in [0.717, 1.165) is 73.6 Å². The molecule has 7 heteroatoms. The quantitative estimate of drug-likeness (QED) is 0.358. The van der Waals surface area contributed by atoms with Crippen LogP contribution in [-0.2, 0) is 17.7 Å². The summed E-state index contributed by atoms with van der Waals surface area (Å²) in [5.41, 5.74) is 9.73. The van der Waals surface area contributed by atoms with Gasteiger partial charge in [-0.25, -0.2) is 9.97 Å². The van der Waals surface area contributed by atoms with Gasteiger partial charge < -0.3 is 14.5 Å². The van der Waals surface area contributed by atoms with Gasteiger partial charge in [-0.1, -0.05) is 32.0 Å². The van der Waals surface area contributed by atoms with Crippen LogP contribution in [0.1, 0.15) is 60.6 Å². The highest BCUT2D eigenvalue weighted by atomic mass is 16.5. The number of nitrogens with zero attached hydrogens (tertiary/aromatic N) is 5. The van der Waals surface area contributed by atoms with Gasteiger partial charge in [0.05, 0.1) is 23.5 Å². The highest BCUT2D eigenvalue weighted by molar-refractivity contribution is 5.94. The first-order chi connectivity index (χ1) is 18.4. The van der Waals surface area contributed by atoms with Crippen LogP contribution in [0.2, 0.25) is 0 Å². The van der Waals surface area contributed by atoms with Crippen LogP contribution in [0.4, 0.5) is 11.5 Å². The number of benzene rings is 2. The summed E-state index contributed by atoms with van der Waals surface area (Å²) in [6, 6.07) is 11.1. The minimum atomic E-state index is 0.322. The minimum absolute atomic E-state index is 0.322. The first-order valence-electron chi connectivity index (χ1n) is 13.9. The van der Waals surface area contributed by atoms with E-state index >= 15 is 0 Å². The number of fused-ring (bicyclic) bond motifs is 2. The van der Waals surface area contributed by atoms with Gasteiger partial charge in [0.2, 0.25) is 0 Å². The van der Waals surface area contributed by atoms with Gasteiger partial charge in [0, 0.05) is 61.9 Å². The Morgan fingerprint density at radius 3 is 2.53 bits per heavy atom. The monoisotopic (exact) mass is 510 g/mol. The van der Waals surface area contributed by atoms with Crippen molar-refractivity contribution in [2.45, 2.75) is 65.5 Å². The summed E-state index contributed by atoms with van der Waals surface area (Å²) in [5, 5.41) is 8.50. The van der Waals surface area contributed by atoms with Crippen molar-refractivity contribution in [3.63, 3.8) is 0 Å². The van der Waals surface area contributed by atoms with Crippen molar-refractivity contribution in [2.75, 3.05) is 36.5 Å². The molecular weight excluding hydrogens is 472 g/mol. The molecule has 1 fully saturated rings. The predicted molar refractivity (Wildman–Crippen MR) is 154 cm³/mol. The van der Waals surface area contributed by atoms with Gasteiger partial charge in [0.25, 0.3) is 0 Å². The molecule has 0 atom stereocenters. The van der Waals surface area contributed by atoms with E-state index in [4.69, 9.17) is 14.7 Å². The second-order valence-electron chi connectivity index (χ2n) is 11.2. The maximum Gasteiger partial charge on any atom is 0.162 e. The Morgan fingerprint density at radius 1 is 0.974 bits per heavy atom. The van der Waals surface area contributed by atoms with Crippen molar-refractivity contribution in [3.05, 3.63) is 64.5 Å². The summed E-state index contributed by atoms with van der Waals surface area (Å²) in [6.07, 6.45) is 5.15. The fourth-order valence-electron chi connectivity index (χ4n) is 6.03. The molecule has 0 amide bonds. The first kappa shape index (κ1) is 24.9. The molecule has 2 aliphatic heterocycles. The smallest absolute Gasteiger partial charge is 0.162 e. The zero-order chi connectivity index (χ0) is 26.4. The Labute approximate surface area is 225 Å². The lowest BCUT2D eigenvalue weighted by Gasteiger charge is -2.37. The number of piperidine rings is 1. The fraction of sp³-hybridized carbons (Fsp3) is 0.452. The topological polar surface area (TPSA) is 70.2 Å².